The SMILES string of the molecule is O=C(N1CCN(C2COC2)CC1)N(Cc1ccc(-c2nnc(C(F)(F)F)o2)cc1)c1cccc(Cl)c1. The van der Waals surface area contributed by atoms with Gasteiger partial charge >= 0.3 is 18.1 Å². The predicted molar refractivity (Wildman–Crippen MR) is 126 cm³/mol. The zero-order chi connectivity index (χ0) is 25.3. The van der Waals surface area contributed by atoms with Crippen molar-refractivity contribution in [2.75, 3.05) is 44.3 Å². The number of rotatable bonds is 5. The highest BCUT2D eigenvalue weighted by Crippen LogP contribution is 2.31. The van der Waals surface area contributed by atoms with E-state index >= 15 is 0 Å². The number of hydrogen-bond donors (Lipinski definition) is 0. The standard InChI is InChI=1S/C24H23ClF3N5O3/c25-18-2-1-3-19(12-18)33(23(34)32-10-8-31(9-11-32)20-14-35-15-20)13-16-4-6-17(7-5-16)21-29-30-22(36-21)24(26,27)28/h1-7,12,20H,8-11,13-15H2. The van der Waals surface area contributed by atoms with E-state index in [1.807, 2.05) is 11.0 Å². The molecule has 0 spiro atoms. The van der Waals surface area contributed by atoms with Gasteiger partial charge < -0.3 is 14.1 Å². The molecule has 2 aliphatic heterocycles. The molecule has 2 aliphatic rings. The number of benzene rings is 2. The van der Waals surface area contributed by atoms with Gasteiger partial charge in [0.25, 0.3) is 0 Å². The first kappa shape index (κ1) is 24.5. The highest BCUT2D eigenvalue weighted by molar-refractivity contribution is 6.30. The van der Waals surface area contributed by atoms with Crippen molar-refractivity contribution >= 4 is 23.3 Å². The van der Waals surface area contributed by atoms with Crippen molar-refractivity contribution in [2.45, 2.75) is 18.8 Å². The Morgan fingerprint density at radius 2 is 1.78 bits per heavy atom. The molecule has 1 aromatic heterocycles. The highest BCUT2D eigenvalue weighted by atomic mass is 35.5. The first-order valence-corrected chi connectivity index (χ1v) is 11.8. The second kappa shape index (κ2) is 10.1. The maximum absolute atomic E-state index is 13.6. The molecule has 0 radical (unpaired) electrons. The predicted octanol–water partition coefficient (Wildman–Crippen LogP) is 4.55. The van der Waals surface area contributed by atoms with Gasteiger partial charge in [0.2, 0.25) is 5.89 Å². The number of hydrogen-bond acceptors (Lipinski definition) is 6. The van der Waals surface area contributed by atoms with Crippen LogP contribution in [0.3, 0.4) is 0 Å². The van der Waals surface area contributed by atoms with E-state index in [1.54, 1.807) is 47.4 Å². The Morgan fingerprint density at radius 1 is 1.06 bits per heavy atom. The number of carbonyl (C=O) groups excluding carboxylic acids is 1. The van der Waals surface area contributed by atoms with Gasteiger partial charge in [-0.1, -0.05) is 29.8 Å². The number of urea groups is 1. The van der Waals surface area contributed by atoms with Crippen LogP contribution in [0.25, 0.3) is 11.5 Å². The Bertz CT molecular complexity index is 1210. The summed E-state index contributed by atoms with van der Waals surface area (Å²) in [6.07, 6.45) is -4.71. The average Bonchev–Trinajstić information content (AvgIpc) is 3.33. The number of carbonyl (C=O) groups is 1. The Hall–Kier alpha value is -3.15. The van der Waals surface area contributed by atoms with Crippen molar-refractivity contribution in [2.24, 2.45) is 0 Å². The summed E-state index contributed by atoms with van der Waals surface area (Å²) in [5, 5.41) is 7.05. The van der Waals surface area contributed by atoms with Crippen LogP contribution >= 0.6 is 11.6 Å². The van der Waals surface area contributed by atoms with Gasteiger partial charge in [-0.2, -0.15) is 13.2 Å². The fourth-order valence-electron chi connectivity index (χ4n) is 4.19. The van der Waals surface area contributed by atoms with E-state index in [-0.39, 0.29) is 18.5 Å². The number of anilines is 1. The highest BCUT2D eigenvalue weighted by Gasteiger charge is 2.38. The van der Waals surface area contributed by atoms with Crippen LogP contribution in [0, 0.1) is 0 Å². The number of piperazine rings is 1. The third-order valence-electron chi connectivity index (χ3n) is 6.28. The van der Waals surface area contributed by atoms with Crippen LogP contribution in [0.2, 0.25) is 5.02 Å². The third kappa shape index (κ3) is 5.32. The average molecular weight is 522 g/mol. The number of halogens is 4. The molecule has 12 heteroatoms. The van der Waals surface area contributed by atoms with Crippen molar-refractivity contribution in [3.05, 3.63) is 65.0 Å². The van der Waals surface area contributed by atoms with Crippen molar-refractivity contribution in [3.8, 4) is 11.5 Å². The molecular weight excluding hydrogens is 499 g/mol. The molecule has 0 bridgehead atoms. The van der Waals surface area contributed by atoms with Crippen LogP contribution < -0.4 is 4.90 Å². The Morgan fingerprint density at radius 3 is 2.36 bits per heavy atom. The van der Waals surface area contributed by atoms with Gasteiger partial charge in [0.1, 0.15) is 0 Å². The Kier molecular flexibility index (Phi) is 6.87. The molecule has 3 aromatic rings. The monoisotopic (exact) mass is 521 g/mol. The first-order valence-electron chi connectivity index (χ1n) is 11.4. The van der Waals surface area contributed by atoms with Gasteiger partial charge in [-0.15, -0.1) is 10.2 Å². The van der Waals surface area contributed by atoms with Gasteiger partial charge in [-0.05, 0) is 35.9 Å². The zero-order valence-corrected chi connectivity index (χ0v) is 19.9. The summed E-state index contributed by atoms with van der Waals surface area (Å²) in [5.41, 5.74) is 1.77. The lowest BCUT2D eigenvalue weighted by Gasteiger charge is -2.43. The van der Waals surface area contributed by atoms with Crippen LogP contribution in [0.5, 0.6) is 0 Å². The summed E-state index contributed by atoms with van der Waals surface area (Å²) >= 11 is 6.21. The largest absolute Gasteiger partial charge is 0.470 e. The molecule has 0 aliphatic carbocycles. The second-order valence-corrected chi connectivity index (χ2v) is 9.11. The molecule has 0 unspecified atom stereocenters. The maximum Gasteiger partial charge on any atom is 0.470 e. The van der Waals surface area contributed by atoms with Crippen molar-refractivity contribution in [1.82, 2.24) is 20.0 Å². The van der Waals surface area contributed by atoms with E-state index in [4.69, 9.17) is 20.8 Å². The lowest BCUT2D eigenvalue weighted by atomic mass is 10.1. The lowest BCUT2D eigenvalue weighted by molar-refractivity contribution is -0.156. The summed E-state index contributed by atoms with van der Waals surface area (Å²) in [6, 6.07) is 14.0. The smallest absolute Gasteiger partial charge is 0.413 e. The van der Waals surface area contributed by atoms with Gasteiger partial charge in [0.05, 0.1) is 25.8 Å². The third-order valence-corrected chi connectivity index (χ3v) is 6.52. The zero-order valence-electron chi connectivity index (χ0n) is 19.1. The van der Waals surface area contributed by atoms with Crippen molar-refractivity contribution in [3.63, 3.8) is 0 Å². The normalized spacial score (nSPS) is 17.2. The molecule has 5 rings (SSSR count). The van der Waals surface area contributed by atoms with Crippen LogP contribution in [-0.2, 0) is 17.5 Å². The quantitative estimate of drug-likeness (QED) is 0.490. The summed E-state index contributed by atoms with van der Waals surface area (Å²) in [6.45, 7) is 4.48. The molecule has 0 N–H and O–H groups in total. The Balaban J connectivity index is 1.32. The summed E-state index contributed by atoms with van der Waals surface area (Å²) in [7, 11) is 0. The van der Waals surface area contributed by atoms with Gasteiger partial charge in [-0.25, -0.2) is 4.79 Å². The molecule has 36 heavy (non-hydrogen) atoms. The molecule has 0 atom stereocenters. The molecular formula is C24H23ClF3N5O3. The number of aromatic nitrogens is 2. The minimum absolute atomic E-state index is 0.141. The molecule has 190 valence electrons. The molecule has 2 saturated heterocycles. The second-order valence-electron chi connectivity index (χ2n) is 8.67. The molecule has 3 heterocycles. The van der Waals surface area contributed by atoms with Crippen molar-refractivity contribution in [1.29, 1.82) is 0 Å². The number of alkyl halides is 3. The summed E-state index contributed by atoms with van der Waals surface area (Å²) in [5.74, 6) is -1.63. The van der Waals surface area contributed by atoms with Gasteiger partial charge in [0.15, 0.2) is 0 Å². The Labute approximate surface area is 210 Å². The van der Waals surface area contributed by atoms with E-state index in [1.165, 1.54) is 0 Å². The van der Waals surface area contributed by atoms with Crippen molar-refractivity contribution < 1.29 is 27.1 Å². The summed E-state index contributed by atoms with van der Waals surface area (Å²) < 4.78 is 48.3. The summed E-state index contributed by atoms with van der Waals surface area (Å²) in [4.78, 5) is 19.4. The fraction of sp³-hybridized carbons (Fsp3) is 0.375. The first-order chi connectivity index (χ1) is 17.3. The lowest BCUT2D eigenvalue weighted by Crippen LogP contribution is -2.59. The van der Waals surface area contributed by atoms with E-state index in [2.05, 4.69) is 15.1 Å². The molecule has 2 aromatic carbocycles. The molecule has 2 fully saturated rings. The number of ether oxygens (including phenoxy) is 1. The van der Waals surface area contributed by atoms with Crippen LogP contribution in [0.4, 0.5) is 23.7 Å². The van der Waals surface area contributed by atoms with E-state index in [9.17, 15) is 18.0 Å². The molecule has 0 saturated carbocycles. The maximum atomic E-state index is 13.6. The van der Waals surface area contributed by atoms with E-state index in [0.717, 1.165) is 31.9 Å². The molecule has 8 nitrogen and oxygen atoms in total. The van der Waals surface area contributed by atoms with Crippen LogP contribution in [0.15, 0.2) is 52.9 Å². The topological polar surface area (TPSA) is 74.9 Å². The molecule has 2 amide bonds. The van der Waals surface area contributed by atoms with E-state index in [0.29, 0.717) is 35.4 Å². The minimum Gasteiger partial charge on any atom is -0.413 e. The number of nitrogens with zero attached hydrogens (tertiary/aromatic N) is 5. The van der Waals surface area contributed by atoms with Gasteiger partial charge in [0, 0.05) is 42.5 Å². The van der Waals surface area contributed by atoms with Crippen LogP contribution in [-0.4, -0.2) is 71.5 Å². The van der Waals surface area contributed by atoms with Gasteiger partial charge in [-0.3, -0.25) is 9.80 Å². The van der Waals surface area contributed by atoms with E-state index < -0.39 is 12.1 Å². The fourth-order valence-corrected chi connectivity index (χ4v) is 4.37. The number of amides is 2. The minimum atomic E-state index is -4.71. The van der Waals surface area contributed by atoms with Crippen LogP contribution in [0.1, 0.15) is 11.5 Å².